The number of benzene rings is 1. The summed E-state index contributed by atoms with van der Waals surface area (Å²) in [4.78, 5) is 14.4. The average Bonchev–Trinajstić information content (AvgIpc) is 2.50. The van der Waals surface area contributed by atoms with E-state index in [1.165, 1.54) is 5.56 Å². The Hall–Kier alpha value is -1.86. The van der Waals surface area contributed by atoms with Gasteiger partial charge in [-0.2, -0.15) is 5.26 Å². The van der Waals surface area contributed by atoms with Crippen LogP contribution in [-0.2, 0) is 16.1 Å². The molecule has 21 heavy (non-hydrogen) atoms. The molecule has 1 unspecified atom stereocenters. The van der Waals surface area contributed by atoms with Gasteiger partial charge in [-0.25, -0.2) is 0 Å². The molecule has 0 saturated carbocycles. The summed E-state index contributed by atoms with van der Waals surface area (Å²) in [6.45, 7) is 5.77. The molecule has 0 amide bonds. The van der Waals surface area contributed by atoms with Gasteiger partial charge in [-0.15, -0.1) is 0 Å². The molecule has 1 fully saturated rings. The fourth-order valence-electron chi connectivity index (χ4n) is 2.94. The molecule has 0 bridgehead atoms. The zero-order valence-electron chi connectivity index (χ0n) is 12.7. The quantitative estimate of drug-likeness (QED) is 0.799. The molecule has 1 saturated heterocycles. The Morgan fingerprint density at radius 1 is 1.48 bits per heavy atom. The number of carbonyl (C=O) groups is 1. The van der Waals surface area contributed by atoms with E-state index in [0.717, 1.165) is 13.1 Å². The minimum atomic E-state index is -0.970. The van der Waals surface area contributed by atoms with Crippen molar-refractivity contribution >= 4 is 5.97 Å². The van der Waals surface area contributed by atoms with E-state index in [1.807, 2.05) is 18.2 Å². The Labute approximate surface area is 126 Å². The predicted molar refractivity (Wildman–Crippen MR) is 80.2 cm³/mol. The van der Waals surface area contributed by atoms with Gasteiger partial charge in [0.2, 0.25) is 0 Å². The van der Waals surface area contributed by atoms with Crippen LogP contribution < -0.4 is 0 Å². The largest absolute Gasteiger partial charge is 0.465 e. The summed E-state index contributed by atoms with van der Waals surface area (Å²) in [6.07, 6.45) is 1.08. The smallest absolute Gasteiger partial charge is 0.326 e. The van der Waals surface area contributed by atoms with E-state index >= 15 is 0 Å². The highest BCUT2D eigenvalue weighted by molar-refractivity contribution is 5.80. The Balaban J connectivity index is 2.04. The number of nitrogens with zero attached hydrogens (tertiary/aromatic N) is 2. The molecule has 1 aliphatic heterocycles. The van der Waals surface area contributed by atoms with Crippen molar-refractivity contribution < 1.29 is 9.53 Å². The first-order chi connectivity index (χ1) is 10.1. The Morgan fingerprint density at radius 3 is 2.76 bits per heavy atom. The van der Waals surface area contributed by atoms with Crippen molar-refractivity contribution in [3.05, 3.63) is 35.9 Å². The summed E-state index contributed by atoms with van der Waals surface area (Å²) in [5.74, 6) is -0.362. The monoisotopic (exact) mass is 286 g/mol. The normalized spacial score (nSPS) is 26.0. The van der Waals surface area contributed by atoms with Crippen molar-refractivity contribution in [2.24, 2.45) is 5.41 Å². The molecule has 1 aliphatic rings. The SMILES string of the molecule is CCOC(=O)C1(C#N)CCN(Cc2ccccc2)[C@@H](C)C1. The number of nitriles is 1. The molecule has 1 aromatic carbocycles. The lowest BCUT2D eigenvalue weighted by Gasteiger charge is -2.40. The molecule has 2 atom stereocenters. The predicted octanol–water partition coefficient (Wildman–Crippen LogP) is 2.74. The van der Waals surface area contributed by atoms with E-state index < -0.39 is 5.41 Å². The maximum atomic E-state index is 12.1. The second-order valence-electron chi connectivity index (χ2n) is 5.67. The second kappa shape index (κ2) is 6.73. The maximum Gasteiger partial charge on any atom is 0.326 e. The van der Waals surface area contributed by atoms with Gasteiger partial charge >= 0.3 is 5.97 Å². The number of ether oxygens (including phenoxy) is 1. The Kier molecular flexibility index (Phi) is 4.98. The molecule has 0 aromatic heterocycles. The van der Waals surface area contributed by atoms with Crippen LogP contribution in [0.25, 0.3) is 0 Å². The van der Waals surface area contributed by atoms with Crippen LogP contribution in [0, 0.1) is 16.7 Å². The van der Waals surface area contributed by atoms with E-state index in [1.54, 1.807) is 6.92 Å². The molecule has 0 aliphatic carbocycles. The van der Waals surface area contributed by atoms with Gasteiger partial charge in [0.05, 0.1) is 12.7 Å². The number of likely N-dealkylation sites (tertiary alicyclic amines) is 1. The summed E-state index contributed by atoms with van der Waals surface area (Å²) < 4.78 is 5.10. The minimum Gasteiger partial charge on any atom is -0.465 e. The summed E-state index contributed by atoms with van der Waals surface area (Å²) in [7, 11) is 0. The number of rotatable bonds is 4. The zero-order chi connectivity index (χ0) is 15.3. The second-order valence-corrected chi connectivity index (χ2v) is 5.67. The van der Waals surface area contributed by atoms with Gasteiger partial charge in [0.15, 0.2) is 5.41 Å². The highest BCUT2D eigenvalue weighted by atomic mass is 16.5. The summed E-state index contributed by atoms with van der Waals surface area (Å²) in [6, 6.07) is 12.7. The van der Waals surface area contributed by atoms with E-state index in [4.69, 9.17) is 4.74 Å². The average molecular weight is 286 g/mol. The third-order valence-corrected chi connectivity index (χ3v) is 4.20. The lowest BCUT2D eigenvalue weighted by Crippen LogP contribution is -2.48. The topological polar surface area (TPSA) is 53.3 Å². The molecule has 112 valence electrons. The van der Waals surface area contributed by atoms with Crippen LogP contribution in [0.15, 0.2) is 30.3 Å². The third kappa shape index (κ3) is 3.43. The van der Waals surface area contributed by atoms with Gasteiger partial charge in [-0.05, 0) is 32.3 Å². The molecule has 2 rings (SSSR count). The van der Waals surface area contributed by atoms with Crippen LogP contribution in [-0.4, -0.2) is 30.1 Å². The summed E-state index contributed by atoms with van der Waals surface area (Å²) in [5.41, 5.74) is 0.285. The molecular weight excluding hydrogens is 264 g/mol. The van der Waals surface area contributed by atoms with Gasteiger partial charge in [-0.1, -0.05) is 30.3 Å². The lowest BCUT2D eigenvalue weighted by molar-refractivity contribution is -0.155. The van der Waals surface area contributed by atoms with Crippen molar-refractivity contribution in [2.75, 3.05) is 13.2 Å². The first-order valence-electron chi connectivity index (χ1n) is 7.48. The zero-order valence-corrected chi connectivity index (χ0v) is 12.7. The van der Waals surface area contributed by atoms with Crippen LogP contribution in [0.4, 0.5) is 0 Å². The fourth-order valence-corrected chi connectivity index (χ4v) is 2.94. The Bertz CT molecular complexity index is 523. The van der Waals surface area contributed by atoms with E-state index in [2.05, 4.69) is 30.0 Å². The van der Waals surface area contributed by atoms with Crippen molar-refractivity contribution in [2.45, 2.75) is 39.3 Å². The molecule has 1 aromatic rings. The van der Waals surface area contributed by atoms with Gasteiger partial charge in [-0.3, -0.25) is 9.69 Å². The van der Waals surface area contributed by atoms with Crippen molar-refractivity contribution in [3.8, 4) is 6.07 Å². The number of carbonyl (C=O) groups excluding carboxylic acids is 1. The number of hydrogen-bond donors (Lipinski definition) is 0. The van der Waals surface area contributed by atoms with Crippen LogP contribution in [0.5, 0.6) is 0 Å². The maximum absolute atomic E-state index is 12.1. The summed E-state index contributed by atoms with van der Waals surface area (Å²) >= 11 is 0. The van der Waals surface area contributed by atoms with E-state index in [9.17, 15) is 10.1 Å². The van der Waals surface area contributed by atoms with E-state index in [0.29, 0.717) is 19.4 Å². The highest BCUT2D eigenvalue weighted by Crippen LogP contribution is 2.36. The first-order valence-corrected chi connectivity index (χ1v) is 7.48. The van der Waals surface area contributed by atoms with Crippen molar-refractivity contribution in [1.29, 1.82) is 5.26 Å². The standard InChI is InChI=1S/C17H22N2O2/c1-3-21-16(20)17(13-18)9-10-19(14(2)11-17)12-15-7-5-4-6-8-15/h4-8,14H,3,9-12H2,1-2H3/t14-,17?/m0/s1. The Morgan fingerprint density at radius 2 is 2.19 bits per heavy atom. The summed E-state index contributed by atoms with van der Waals surface area (Å²) in [5, 5.41) is 9.46. The number of piperidine rings is 1. The lowest BCUT2D eigenvalue weighted by atomic mass is 9.76. The van der Waals surface area contributed by atoms with Gasteiger partial charge in [0.25, 0.3) is 0 Å². The third-order valence-electron chi connectivity index (χ3n) is 4.20. The molecule has 4 heteroatoms. The van der Waals surface area contributed by atoms with Crippen LogP contribution >= 0.6 is 0 Å². The van der Waals surface area contributed by atoms with Crippen LogP contribution in [0.2, 0.25) is 0 Å². The minimum absolute atomic E-state index is 0.183. The number of esters is 1. The van der Waals surface area contributed by atoms with Gasteiger partial charge < -0.3 is 4.74 Å². The van der Waals surface area contributed by atoms with Gasteiger partial charge in [0, 0.05) is 19.1 Å². The highest BCUT2D eigenvalue weighted by Gasteiger charge is 2.45. The number of hydrogen-bond acceptors (Lipinski definition) is 4. The molecule has 4 nitrogen and oxygen atoms in total. The van der Waals surface area contributed by atoms with Crippen molar-refractivity contribution in [1.82, 2.24) is 4.90 Å². The fraction of sp³-hybridized carbons (Fsp3) is 0.529. The molecule has 0 N–H and O–H groups in total. The molecule has 0 radical (unpaired) electrons. The van der Waals surface area contributed by atoms with Crippen LogP contribution in [0.3, 0.4) is 0 Å². The molecular formula is C17H22N2O2. The molecule has 1 heterocycles. The van der Waals surface area contributed by atoms with Gasteiger partial charge in [0.1, 0.15) is 0 Å². The molecule has 0 spiro atoms. The van der Waals surface area contributed by atoms with Crippen molar-refractivity contribution in [3.63, 3.8) is 0 Å². The van der Waals surface area contributed by atoms with Crippen LogP contribution in [0.1, 0.15) is 32.3 Å². The first kappa shape index (κ1) is 15.5. The van der Waals surface area contributed by atoms with E-state index in [-0.39, 0.29) is 12.0 Å².